The molecule has 14 heteroatoms. The van der Waals surface area contributed by atoms with Crippen molar-refractivity contribution in [3.63, 3.8) is 0 Å². The van der Waals surface area contributed by atoms with Gasteiger partial charge in [0.05, 0.1) is 24.6 Å². The molecule has 0 bridgehead atoms. The molecule has 0 aliphatic heterocycles. The lowest BCUT2D eigenvalue weighted by Gasteiger charge is -1.98. The normalized spacial score (nSPS) is 11.0. The van der Waals surface area contributed by atoms with E-state index in [0.29, 0.717) is 11.1 Å². The van der Waals surface area contributed by atoms with Crippen molar-refractivity contribution in [3.8, 4) is 0 Å². The Bertz CT molecular complexity index is 1130. The number of carbonyl (C=O) groups is 2. The highest BCUT2D eigenvalue weighted by Crippen LogP contribution is 2.16. The van der Waals surface area contributed by atoms with E-state index in [-0.39, 0.29) is 11.5 Å². The van der Waals surface area contributed by atoms with Crippen molar-refractivity contribution in [1.82, 2.24) is 10.9 Å². The summed E-state index contributed by atoms with van der Waals surface area (Å²) >= 11 is 0. The van der Waals surface area contributed by atoms with Crippen molar-refractivity contribution in [2.45, 2.75) is 0 Å². The number of nitrogens with one attached hydrogen (secondary N) is 2. The Hall–Kier alpha value is -5.14. The molecular formula is C18H12N6O8. The zero-order valence-corrected chi connectivity index (χ0v) is 15.8. The number of nitro groups is 2. The van der Waals surface area contributed by atoms with Crippen LogP contribution in [0, 0.1) is 20.2 Å². The van der Waals surface area contributed by atoms with Gasteiger partial charge in [-0.3, -0.25) is 29.8 Å². The lowest BCUT2D eigenvalue weighted by molar-refractivity contribution is -0.402. The summed E-state index contributed by atoms with van der Waals surface area (Å²) in [5.41, 5.74) is 5.57. The number of rotatable bonds is 8. The lowest BCUT2D eigenvalue weighted by atomic mass is 10.2. The third-order valence-corrected chi connectivity index (χ3v) is 3.69. The van der Waals surface area contributed by atoms with Crippen molar-refractivity contribution >= 4 is 36.0 Å². The van der Waals surface area contributed by atoms with Gasteiger partial charge in [-0.25, -0.2) is 10.9 Å². The van der Waals surface area contributed by atoms with E-state index < -0.39 is 33.4 Å². The number of amides is 2. The van der Waals surface area contributed by atoms with Crippen LogP contribution in [-0.2, 0) is 0 Å². The minimum Gasteiger partial charge on any atom is -0.395 e. The van der Waals surface area contributed by atoms with E-state index >= 15 is 0 Å². The molecule has 2 N–H and O–H groups in total. The molecule has 3 rings (SSSR count). The minimum absolute atomic E-state index is 0.258. The van der Waals surface area contributed by atoms with Crippen LogP contribution in [0.25, 0.3) is 0 Å². The van der Waals surface area contributed by atoms with E-state index in [1.807, 2.05) is 0 Å². The molecule has 2 heterocycles. The second-order valence-corrected chi connectivity index (χ2v) is 5.85. The van der Waals surface area contributed by atoms with Crippen molar-refractivity contribution in [3.05, 3.63) is 91.4 Å². The molecule has 2 amide bonds. The summed E-state index contributed by atoms with van der Waals surface area (Å²) in [7, 11) is 0. The molecule has 0 radical (unpaired) electrons. The SMILES string of the molecule is O=C(N/N=C/c1ccc(/C=N/NC(=O)c2ccc([N+](=O)[O-])o2)cc1)c1ccc([N+](=O)[O-])o1. The van der Waals surface area contributed by atoms with Crippen LogP contribution >= 0.6 is 0 Å². The number of furan rings is 2. The fourth-order valence-corrected chi connectivity index (χ4v) is 2.20. The van der Waals surface area contributed by atoms with Crippen LogP contribution in [0.15, 0.2) is 67.6 Å². The standard InChI is InChI=1S/C18H12N6O8/c25-17(13-5-7-15(31-13)23(27)28)21-19-9-11-1-2-12(4-3-11)10-20-22-18(26)14-6-8-16(32-14)24(29)30/h1-10H,(H,21,25)(H,22,26)/b19-9+,20-10+. The highest BCUT2D eigenvalue weighted by atomic mass is 16.7. The summed E-state index contributed by atoms with van der Waals surface area (Å²) in [5, 5.41) is 28.6. The van der Waals surface area contributed by atoms with E-state index in [1.165, 1.54) is 12.4 Å². The van der Waals surface area contributed by atoms with Crippen LogP contribution in [-0.4, -0.2) is 34.1 Å². The number of carbonyl (C=O) groups excluding carboxylic acids is 2. The first-order valence-electron chi connectivity index (χ1n) is 8.59. The molecule has 0 unspecified atom stereocenters. The summed E-state index contributed by atoms with van der Waals surface area (Å²) in [6.07, 6.45) is 2.67. The molecule has 14 nitrogen and oxygen atoms in total. The molecule has 0 aliphatic rings. The molecule has 0 fully saturated rings. The zero-order valence-electron chi connectivity index (χ0n) is 15.8. The predicted molar refractivity (Wildman–Crippen MR) is 107 cm³/mol. The average Bonchev–Trinajstić information content (AvgIpc) is 3.45. The first-order valence-corrected chi connectivity index (χ1v) is 8.59. The third-order valence-electron chi connectivity index (χ3n) is 3.69. The molecule has 2 aromatic heterocycles. The largest absolute Gasteiger partial charge is 0.433 e. The van der Waals surface area contributed by atoms with Gasteiger partial charge >= 0.3 is 23.6 Å². The van der Waals surface area contributed by atoms with Gasteiger partial charge in [0, 0.05) is 0 Å². The quantitative estimate of drug-likeness (QED) is 0.302. The number of nitrogens with zero attached hydrogens (tertiary/aromatic N) is 4. The van der Waals surface area contributed by atoms with E-state index in [2.05, 4.69) is 21.1 Å². The van der Waals surface area contributed by atoms with E-state index in [9.17, 15) is 29.8 Å². The fraction of sp³-hybridized carbons (Fsp3) is 0. The summed E-state index contributed by atoms with van der Waals surface area (Å²) in [6.45, 7) is 0. The number of hydrogen-bond acceptors (Lipinski definition) is 10. The molecule has 0 atom stereocenters. The van der Waals surface area contributed by atoms with Crippen molar-refractivity contribution in [2.24, 2.45) is 10.2 Å². The Labute approximate surface area is 177 Å². The monoisotopic (exact) mass is 440 g/mol. The topological polar surface area (TPSA) is 195 Å². The van der Waals surface area contributed by atoms with Gasteiger partial charge in [0.2, 0.25) is 11.5 Å². The molecule has 3 aromatic rings. The molecule has 0 saturated heterocycles. The van der Waals surface area contributed by atoms with Gasteiger partial charge < -0.3 is 8.83 Å². The van der Waals surface area contributed by atoms with Crippen LogP contribution in [0.3, 0.4) is 0 Å². The lowest BCUT2D eigenvalue weighted by Crippen LogP contribution is -2.17. The van der Waals surface area contributed by atoms with Crippen molar-refractivity contribution in [2.75, 3.05) is 0 Å². The maximum absolute atomic E-state index is 11.8. The third kappa shape index (κ3) is 5.47. The molecule has 162 valence electrons. The smallest absolute Gasteiger partial charge is 0.395 e. The van der Waals surface area contributed by atoms with Crippen molar-refractivity contribution in [1.29, 1.82) is 0 Å². The van der Waals surface area contributed by atoms with Crippen molar-refractivity contribution < 1.29 is 28.3 Å². The molecule has 0 aliphatic carbocycles. The summed E-state index contributed by atoms with van der Waals surface area (Å²) in [6, 6.07) is 11.0. The van der Waals surface area contributed by atoms with Crippen LogP contribution in [0.5, 0.6) is 0 Å². The van der Waals surface area contributed by atoms with Gasteiger partial charge in [-0.05, 0) is 23.3 Å². The Morgan fingerprint density at radius 2 is 1.09 bits per heavy atom. The van der Waals surface area contributed by atoms with Gasteiger partial charge in [-0.2, -0.15) is 10.2 Å². The molecule has 0 spiro atoms. The highest BCUT2D eigenvalue weighted by Gasteiger charge is 2.17. The number of benzene rings is 1. The van der Waals surface area contributed by atoms with Crippen LogP contribution in [0.2, 0.25) is 0 Å². The predicted octanol–water partition coefficient (Wildman–Crippen LogP) is 2.22. The first kappa shape index (κ1) is 21.6. The van der Waals surface area contributed by atoms with Gasteiger partial charge in [-0.1, -0.05) is 24.3 Å². The summed E-state index contributed by atoms with van der Waals surface area (Å²) in [5.74, 6) is -3.14. The summed E-state index contributed by atoms with van der Waals surface area (Å²) in [4.78, 5) is 43.2. The van der Waals surface area contributed by atoms with E-state index in [4.69, 9.17) is 8.83 Å². The van der Waals surface area contributed by atoms with Gasteiger partial charge in [-0.15, -0.1) is 0 Å². The Balaban J connectivity index is 1.50. The molecular weight excluding hydrogens is 428 g/mol. The second-order valence-electron chi connectivity index (χ2n) is 5.85. The first-order chi connectivity index (χ1) is 15.3. The number of hydrazone groups is 2. The van der Waals surface area contributed by atoms with E-state index in [0.717, 1.165) is 24.3 Å². The highest BCUT2D eigenvalue weighted by molar-refractivity contribution is 5.93. The van der Waals surface area contributed by atoms with Gasteiger partial charge in [0.1, 0.15) is 9.85 Å². The minimum atomic E-state index is -0.764. The van der Waals surface area contributed by atoms with E-state index in [1.54, 1.807) is 24.3 Å². The molecule has 0 saturated carbocycles. The van der Waals surface area contributed by atoms with Crippen LogP contribution in [0.1, 0.15) is 32.2 Å². The Kier molecular flexibility index (Phi) is 6.45. The molecule has 32 heavy (non-hydrogen) atoms. The van der Waals surface area contributed by atoms with Gasteiger partial charge in [0.15, 0.2) is 0 Å². The maximum Gasteiger partial charge on any atom is 0.433 e. The average molecular weight is 440 g/mol. The Morgan fingerprint density at radius 1 is 0.719 bits per heavy atom. The number of hydrogen-bond donors (Lipinski definition) is 2. The van der Waals surface area contributed by atoms with Crippen LogP contribution < -0.4 is 10.9 Å². The molecule has 1 aromatic carbocycles. The second kappa shape index (κ2) is 9.57. The van der Waals surface area contributed by atoms with Gasteiger partial charge in [0.25, 0.3) is 0 Å². The van der Waals surface area contributed by atoms with Crippen LogP contribution in [0.4, 0.5) is 11.8 Å². The maximum atomic E-state index is 11.8. The fourth-order valence-electron chi connectivity index (χ4n) is 2.20. The summed E-state index contributed by atoms with van der Waals surface area (Å²) < 4.78 is 9.51. The zero-order chi connectivity index (χ0) is 23.1. The Morgan fingerprint density at radius 3 is 1.41 bits per heavy atom.